The number of carbonyl (C=O) groups excluding carboxylic acids is 1. The number of hydrogen-bond acceptors (Lipinski definition) is 3. The second-order valence-electron chi connectivity index (χ2n) is 2.84. The molecule has 0 spiro atoms. The number of carbonyl (C=O) groups is 2. The maximum absolute atomic E-state index is 12.7. The van der Waals surface area contributed by atoms with Crippen LogP contribution in [-0.2, 0) is 4.79 Å². The molecule has 1 N–H and O–H groups in total. The Hall–Kier alpha value is -1.36. The summed E-state index contributed by atoms with van der Waals surface area (Å²) in [7, 11) is 0. The number of carboxylic acids is 1. The van der Waals surface area contributed by atoms with Gasteiger partial charge in [0, 0.05) is 10.5 Å². The topological polar surface area (TPSA) is 54.4 Å². The average Bonchev–Trinajstić information content (AvgIpc) is 2.43. The van der Waals surface area contributed by atoms with Crippen molar-refractivity contribution in [3.05, 3.63) is 29.6 Å². The van der Waals surface area contributed by atoms with Crippen LogP contribution in [0, 0.1) is 5.82 Å². The van der Waals surface area contributed by atoms with E-state index < -0.39 is 22.8 Å². The highest BCUT2D eigenvalue weighted by molar-refractivity contribution is 8.02. The molecule has 14 heavy (non-hydrogen) atoms. The molecule has 0 aliphatic carbocycles. The molecule has 1 atom stereocenters. The molecule has 0 bridgehead atoms. The first kappa shape index (κ1) is 9.21. The predicted octanol–water partition coefficient (Wildman–Crippen LogP) is 1.57. The number of aliphatic carboxylic acids is 1. The standard InChI is InChI=1S/C9H5FO3S/c10-4-1-2-5-6(3-4)14-8(7(5)11)9(12)13/h1-3,8H,(H,12,13). The molecular formula is C9H5FO3S. The van der Waals surface area contributed by atoms with Crippen molar-refractivity contribution in [1.82, 2.24) is 0 Å². The monoisotopic (exact) mass is 212 g/mol. The lowest BCUT2D eigenvalue weighted by Gasteiger charge is -1.97. The number of ketones is 1. The molecule has 1 aromatic rings. The van der Waals surface area contributed by atoms with E-state index in [2.05, 4.69) is 0 Å². The summed E-state index contributed by atoms with van der Waals surface area (Å²) in [4.78, 5) is 22.5. The second kappa shape index (κ2) is 3.09. The summed E-state index contributed by atoms with van der Waals surface area (Å²) >= 11 is 0.877. The van der Waals surface area contributed by atoms with E-state index >= 15 is 0 Å². The van der Waals surface area contributed by atoms with Crippen molar-refractivity contribution in [2.45, 2.75) is 10.1 Å². The van der Waals surface area contributed by atoms with Crippen LogP contribution >= 0.6 is 11.8 Å². The van der Waals surface area contributed by atoms with Crippen LogP contribution in [0.5, 0.6) is 0 Å². The largest absolute Gasteiger partial charge is 0.480 e. The molecule has 0 fully saturated rings. The van der Waals surface area contributed by atoms with E-state index in [9.17, 15) is 14.0 Å². The van der Waals surface area contributed by atoms with E-state index in [1.54, 1.807) is 0 Å². The Morgan fingerprint density at radius 2 is 2.21 bits per heavy atom. The van der Waals surface area contributed by atoms with E-state index in [-0.39, 0.29) is 0 Å². The van der Waals surface area contributed by atoms with Crippen LogP contribution in [0.2, 0.25) is 0 Å². The molecule has 1 unspecified atom stereocenters. The first-order valence-corrected chi connectivity index (χ1v) is 4.71. The molecular weight excluding hydrogens is 207 g/mol. The van der Waals surface area contributed by atoms with Crippen LogP contribution in [0.25, 0.3) is 0 Å². The quantitative estimate of drug-likeness (QED) is 0.718. The number of halogens is 1. The van der Waals surface area contributed by atoms with E-state index in [4.69, 9.17) is 5.11 Å². The summed E-state index contributed by atoms with van der Waals surface area (Å²) in [6, 6.07) is 3.66. The van der Waals surface area contributed by atoms with Crippen molar-refractivity contribution in [1.29, 1.82) is 0 Å². The zero-order chi connectivity index (χ0) is 10.3. The van der Waals surface area contributed by atoms with Crippen LogP contribution < -0.4 is 0 Å². The first-order chi connectivity index (χ1) is 6.59. The number of carboxylic acid groups (broad SMARTS) is 1. The van der Waals surface area contributed by atoms with Gasteiger partial charge in [-0.2, -0.15) is 0 Å². The van der Waals surface area contributed by atoms with Gasteiger partial charge in [0.1, 0.15) is 5.82 Å². The summed E-state index contributed by atoms with van der Waals surface area (Å²) in [5.74, 6) is -2.11. The summed E-state index contributed by atoms with van der Waals surface area (Å²) in [6.07, 6.45) is 0. The minimum atomic E-state index is -1.18. The molecule has 1 aliphatic heterocycles. The predicted molar refractivity (Wildman–Crippen MR) is 48.0 cm³/mol. The molecule has 1 aromatic carbocycles. The van der Waals surface area contributed by atoms with Gasteiger partial charge in [-0.25, -0.2) is 4.39 Å². The molecule has 3 nitrogen and oxygen atoms in total. The Balaban J connectivity index is 2.45. The number of benzene rings is 1. The number of thioether (sulfide) groups is 1. The fourth-order valence-corrected chi connectivity index (χ4v) is 2.35. The summed E-state index contributed by atoms with van der Waals surface area (Å²) in [6.45, 7) is 0. The van der Waals surface area contributed by atoms with Gasteiger partial charge in [0.2, 0.25) is 0 Å². The van der Waals surface area contributed by atoms with Gasteiger partial charge in [-0.3, -0.25) is 9.59 Å². The molecule has 1 heterocycles. The molecule has 0 aromatic heterocycles. The third kappa shape index (κ3) is 1.29. The lowest BCUT2D eigenvalue weighted by atomic mass is 10.1. The molecule has 0 radical (unpaired) electrons. The van der Waals surface area contributed by atoms with E-state index in [1.165, 1.54) is 12.1 Å². The Morgan fingerprint density at radius 1 is 1.50 bits per heavy atom. The number of Topliss-reactive ketones (excluding diaryl/α,β-unsaturated/α-hetero) is 1. The average molecular weight is 212 g/mol. The molecule has 5 heteroatoms. The van der Waals surface area contributed by atoms with Gasteiger partial charge in [-0.1, -0.05) is 0 Å². The van der Waals surface area contributed by atoms with Crippen LogP contribution in [0.1, 0.15) is 10.4 Å². The van der Waals surface area contributed by atoms with E-state index in [0.29, 0.717) is 10.5 Å². The van der Waals surface area contributed by atoms with Crippen LogP contribution in [0.4, 0.5) is 4.39 Å². The molecule has 0 saturated carbocycles. The molecule has 0 saturated heterocycles. The van der Waals surface area contributed by atoms with Crippen molar-refractivity contribution >= 4 is 23.5 Å². The van der Waals surface area contributed by atoms with Crippen LogP contribution in [0.3, 0.4) is 0 Å². The van der Waals surface area contributed by atoms with Crippen molar-refractivity contribution in [2.75, 3.05) is 0 Å². The Kier molecular flexibility index (Phi) is 2.03. The highest BCUT2D eigenvalue weighted by atomic mass is 32.2. The van der Waals surface area contributed by atoms with Gasteiger partial charge in [0.05, 0.1) is 0 Å². The van der Waals surface area contributed by atoms with Crippen molar-refractivity contribution in [2.24, 2.45) is 0 Å². The summed E-state index contributed by atoms with van der Waals surface area (Å²) in [5, 5.41) is 7.57. The molecule has 0 amide bonds. The lowest BCUT2D eigenvalue weighted by Crippen LogP contribution is -2.22. The lowest BCUT2D eigenvalue weighted by molar-refractivity contribution is -0.135. The number of fused-ring (bicyclic) bond motifs is 1. The molecule has 2 rings (SSSR count). The normalized spacial score (nSPS) is 19.5. The highest BCUT2D eigenvalue weighted by Gasteiger charge is 2.36. The fourth-order valence-electron chi connectivity index (χ4n) is 1.28. The third-order valence-electron chi connectivity index (χ3n) is 1.92. The highest BCUT2D eigenvalue weighted by Crippen LogP contribution is 2.37. The molecule has 1 aliphatic rings. The van der Waals surface area contributed by atoms with Gasteiger partial charge in [0.25, 0.3) is 0 Å². The maximum Gasteiger partial charge on any atom is 0.325 e. The summed E-state index contributed by atoms with van der Waals surface area (Å²) < 4.78 is 12.7. The van der Waals surface area contributed by atoms with E-state index in [0.717, 1.165) is 17.8 Å². The molecule has 72 valence electrons. The number of hydrogen-bond donors (Lipinski definition) is 1. The zero-order valence-electron chi connectivity index (χ0n) is 6.86. The minimum Gasteiger partial charge on any atom is -0.480 e. The van der Waals surface area contributed by atoms with Gasteiger partial charge in [0.15, 0.2) is 11.0 Å². The van der Waals surface area contributed by atoms with Gasteiger partial charge in [-0.05, 0) is 18.2 Å². The van der Waals surface area contributed by atoms with Gasteiger partial charge >= 0.3 is 5.97 Å². The smallest absolute Gasteiger partial charge is 0.325 e. The summed E-state index contributed by atoms with van der Waals surface area (Å²) in [5.41, 5.74) is 0.295. The van der Waals surface area contributed by atoms with Gasteiger partial charge < -0.3 is 5.11 Å². The van der Waals surface area contributed by atoms with Gasteiger partial charge in [-0.15, -0.1) is 11.8 Å². The Labute approximate surface area is 82.9 Å². The first-order valence-electron chi connectivity index (χ1n) is 3.83. The van der Waals surface area contributed by atoms with Crippen molar-refractivity contribution in [3.63, 3.8) is 0 Å². The van der Waals surface area contributed by atoms with Crippen molar-refractivity contribution < 1.29 is 19.1 Å². The van der Waals surface area contributed by atoms with Crippen molar-refractivity contribution in [3.8, 4) is 0 Å². The van der Waals surface area contributed by atoms with Crippen LogP contribution in [0.15, 0.2) is 23.1 Å². The van der Waals surface area contributed by atoms with E-state index in [1.807, 2.05) is 0 Å². The van der Waals surface area contributed by atoms with Crippen LogP contribution in [-0.4, -0.2) is 22.1 Å². The fraction of sp³-hybridized carbons (Fsp3) is 0.111. The Bertz CT molecular complexity index is 430. The Morgan fingerprint density at radius 3 is 2.86 bits per heavy atom. The maximum atomic E-state index is 12.7. The zero-order valence-corrected chi connectivity index (χ0v) is 7.68. The number of rotatable bonds is 1. The SMILES string of the molecule is O=C(O)C1Sc2cc(F)ccc2C1=O. The minimum absolute atomic E-state index is 0.295. The third-order valence-corrected chi connectivity index (χ3v) is 3.16. The second-order valence-corrected chi connectivity index (χ2v) is 3.99.